The Hall–Kier alpha value is -3.55. The zero-order chi connectivity index (χ0) is 20.1. The Balaban J connectivity index is 1.80. The lowest BCUT2D eigenvalue weighted by Crippen LogP contribution is -2.36. The molecular weight excluding hydrogens is 358 g/mol. The number of rotatable bonds is 7. The number of pyridine rings is 1. The number of ether oxygens (including phenoxy) is 1. The van der Waals surface area contributed by atoms with E-state index in [0.717, 1.165) is 24.4 Å². The van der Waals surface area contributed by atoms with E-state index >= 15 is 0 Å². The maximum Gasteiger partial charge on any atom is 0.252 e. The van der Waals surface area contributed by atoms with Crippen molar-refractivity contribution in [1.82, 2.24) is 10.3 Å². The third-order valence-electron chi connectivity index (χ3n) is 4.54. The maximum absolute atomic E-state index is 11.8. The van der Waals surface area contributed by atoms with Crippen LogP contribution in [0.15, 0.2) is 49.1 Å². The first kappa shape index (κ1) is 19.2. The lowest BCUT2D eigenvalue weighted by atomic mass is 10.2. The smallest absolute Gasteiger partial charge is 0.252 e. The molecule has 0 saturated carbocycles. The molecule has 1 saturated heterocycles. The van der Waals surface area contributed by atoms with E-state index < -0.39 is 5.91 Å². The third kappa shape index (κ3) is 4.40. The highest BCUT2D eigenvalue weighted by Gasteiger charge is 2.25. The molecule has 146 valence electrons. The summed E-state index contributed by atoms with van der Waals surface area (Å²) in [5.41, 5.74) is 6.56. The molecule has 4 N–H and O–H groups in total. The van der Waals surface area contributed by atoms with E-state index in [0.29, 0.717) is 23.7 Å². The molecule has 0 radical (unpaired) electrons. The highest BCUT2D eigenvalue weighted by Crippen LogP contribution is 2.26. The summed E-state index contributed by atoms with van der Waals surface area (Å²) < 4.78 is 5.15. The number of hydrogen-bond donors (Lipinski definition) is 3. The first-order valence-electron chi connectivity index (χ1n) is 8.90. The number of amides is 2. The minimum atomic E-state index is -0.562. The average Bonchev–Trinajstić information content (AvgIpc) is 3.16. The summed E-state index contributed by atoms with van der Waals surface area (Å²) in [5.74, 6) is 1.07. The number of carbonyl (C=O) groups excluding carboxylic acids is 2. The lowest BCUT2D eigenvalue weighted by molar-refractivity contribution is -0.117. The first-order valence-corrected chi connectivity index (χ1v) is 8.90. The fraction of sp³-hybridized carbons (Fsp3) is 0.250. The molecule has 2 amide bonds. The summed E-state index contributed by atoms with van der Waals surface area (Å²) >= 11 is 0. The van der Waals surface area contributed by atoms with Crippen LogP contribution in [0.2, 0.25) is 0 Å². The van der Waals surface area contributed by atoms with Gasteiger partial charge in [-0.15, -0.1) is 0 Å². The number of aromatic nitrogens is 1. The highest BCUT2D eigenvalue weighted by molar-refractivity contribution is 5.98. The summed E-state index contributed by atoms with van der Waals surface area (Å²) in [5, 5.41) is 6.04. The van der Waals surface area contributed by atoms with Crippen LogP contribution in [0, 0.1) is 0 Å². The fourth-order valence-corrected chi connectivity index (χ4v) is 3.08. The molecule has 0 spiro atoms. The quantitative estimate of drug-likeness (QED) is 0.631. The van der Waals surface area contributed by atoms with E-state index in [-0.39, 0.29) is 11.9 Å². The van der Waals surface area contributed by atoms with Crippen LogP contribution in [0.1, 0.15) is 16.8 Å². The van der Waals surface area contributed by atoms with Gasteiger partial charge in [0.2, 0.25) is 5.91 Å². The van der Waals surface area contributed by atoms with E-state index in [2.05, 4.69) is 27.1 Å². The molecule has 1 aliphatic heterocycles. The molecule has 8 heteroatoms. The lowest BCUT2D eigenvalue weighted by Gasteiger charge is -2.20. The van der Waals surface area contributed by atoms with Gasteiger partial charge in [-0.1, -0.05) is 6.58 Å². The molecule has 1 aromatic heterocycles. The maximum atomic E-state index is 11.8. The van der Waals surface area contributed by atoms with Gasteiger partial charge in [-0.3, -0.25) is 9.59 Å². The molecule has 2 heterocycles. The molecule has 0 aliphatic carbocycles. The number of anilines is 3. The molecule has 1 aromatic carbocycles. The Morgan fingerprint density at radius 2 is 2.04 bits per heavy atom. The Kier molecular flexibility index (Phi) is 5.78. The standard InChI is InChI=1S/C20H23N5O3/c1-3-18(26)22-14-10-11-25(12-14)17-9-8-16(19(21)27)20(24-17)23-13-4-6-15(28-2)7-5-13/h3-9,14H,1,10-12H2,2H3,(H2,21,27)(H,22,26)(H,23,24)/t14-/m0/s1. The molecule has 1 aliphatic rings. The SMILES string of the molecule is C=CC(=O)N[C@H]1CCN(c2ccc(C(N)=O)c(Nc3ccc(OC)cc3)n2)C1. The van der Waals surface area contributed by atoms with Gasteiger partial charge in [-0.05, 0) is 48.9 Å². The zero-order valence-electron chi connectivity index (χ0n) is 15.6. The first-order chi connectivity index (χ1) is 13.5. The van der Waals surface area contributed by atoms with Gasteiger partial charge in [0.25, 0.3) is 5.91 Å². The van der Waals surface area contributed by atoms with Crippen molar-refractivity contribution in [3.63, 3.8) is 0 Å². The number of benzene rings is 1. The average molecular weight is 381 g/mol. The second-order valence-corrected chi connectivity index (χ2v) is 6.43. The van der Waals surface area contributed by atoms with Gasteiger partial charge in [0.05, 0.1) is 12.7 Å². The largest absolute Gasteiger partial charge is 0.497 e. The molecule has 8 nitrogen and oxygen atoms in total. The van der Waals surface area contributed by atoms with Gasteiger partial charge in [0.15, 0.2) is 0 Å². The number of hydrogen-bond acceptors (Lipinski definition) is 6. The van der Waals surface area contributed by atoms with Crippen LogP contribution in [0.25, 0.3) is 0 Å². The Labute approximate surface area is 163 Å². The van der Waals surface area contributed by atoms with Crippen molar-refractivity contribution in [2.45, 2.75) is 12.5 Å². The molecule has 3 rings (SSSR count). The number of methoxy groups -OCH3 is 1. The van der Waals surface area contributed by atoms with Crippen LogP contribution in [0.4, 0.5) is 17.3 Å². The van der Waals surface area contributed by atoms with Crippen molar-refractivity contribution in [2.75, 3.05) is 30.4 Å². The summed E-state index contributed by atoms with van der Waals surface area (Å²) in [6.07, 6.45) is 2.07. The summed E-state index contributed by atoms with van der Waals surface area (Å²) in [4.78, 5) is 30.0. The predicted molar refractivity (Wildman–Crippen MR) is 108 cm³/mol. The van der Waals surface area contributed by atoms with Crippen LogP contribution in [-0.2, 0) is 4.79 Å². The van der Waals surface area contributed by atoms with Crippen molar-refractivity contribution >= 4 is 29.1 Å². The minimum Gasteiger partial charge on any atom is -0.497 e. The minimum absolute atomic E-state index is 0.0288. The van der Waals surface area contributed by atoms with Gasteiger partial charge in [0, 0.05) is 24.8 Å². The second kappa shape index (κ2) is 8.43. The number of nitrogens with zero attached hydrogens (tertiary/aromatic N) is 2. The molecule has 0 bridgehead atoms. The van der Waals surface area contributed by atoms with Crippen LogP contribution in [0.5, 0.6) is 5.75 Å². The molecule has 0 unspecified atom stereocenters. The summed E-state index contributed by atoms with van der Waals surface area (Å²) in [6.45, 7) is 4.84. The van der Waals surface area contributed by atoms with Crippen molar-refractivity contribution in [1.29, 1.82) is 0 Å². The topological polar surface area (TPSA) is 110 Å². The normalized spacial score (nSPS) is 15.8. The second-order valence-electron chi connectivity index (χ2n) is 6.43. The van der Waals surface area contributed by atoms with E-state index in [1.54, 1.807) is 19.2 Å². The molecule has 1 fully saturated rings. The number of nitrogens with one attached hydrogen (secondary N) is 2. The summed E-state index contributed by atoms with van der Waals surface area (Å²) in [7, 11) is 1.60. The molecular formula is C20H23N5O3. The zero-order valence-corrected chi connectivity index (χ0v) is 15.6. The van der Waals surface area contributed by atoms with Crippen LogP contribution < -0.4 is 26.0 Å². The van der Waals surface area contributed by atoms with Gasteiger partial charge in [-0.2, -0.15) is 0 Å². The molecule has 2 aromatic rings. The van der Waals surface area contributed by atoms with Gasteiger partial charge >= 0.3 is 0 Å². The Morgan fingerprint density at radius 1 is 1.29 bits per heavy atom. The van der Waals surface area contributed by atoms with Gasteiger partial charge < -0.3 is 26.0 Å². The third-order valence-corrected chi connectivity index (χ3v) is 4.54. The number of carbonyl (C=O) groups is 2. The summed E-state index contributed by atoms with van der Waals surface area (Å²) in [6, 6.07) is 10.7. The van der Waals surface area contributed by atoms with Crippen LogP contribution in [-0.4, -0.2) is 43.0 Å². The number of primary amides is 1. The van der Waals surface area contributed by atoms with Crippen molar-refractivity contribution < 1.29 is 14.3 Å². The predicted octanol–water partition coefficient (Wildman–Crippen LogP) is 1.81. The Morgan fingerprint density at radius 3 is 2.68 bits per heavy atom. The fourth-order valence-electron chi connectivity index (χ4n) is 3.08. The number of nitrogens with two attached hydrogens (primary N) is 1. The van der Waals surface area contributed by atoms with Crippen molar-refractivity contribution in [2.24, 2.45) is 5.73 Å². The molecule has 28 heavy (non-hydrogen) atoms. The van der Waals surface area contributed by atoms with Crippen molar-refractivity contribution in [3.05, 3.63) is 54.6 Å². The van der Waals surface area contributed by atoms with E-state index in [4.69, 9.17) is 10.5 Å². The van der Waals surface area contributed by atoms with E-state index in [1.807, 2.05) is 24.3 Å². The Bertz CT molecular complexity index is 882. The molecule has 1 atom stereocenters. The monoisotopic (exact) mass is 381 g/mol. The highest BCUT2D eigenvalue weighted by atomic mass is 16.5. The van der Waals surface area contributed by atoms with Crippen molar-refractivity contribution in [3.8, 4) is 5.75 Å². The van der Waals surface area contributed by atoms with Gasteiger partial charge in [-0.25, -0.2) is 4.98 Å². The van der Waals surface area contributed by atoms with Crippen LogP contribution >= 0.6 is 0 Å². The van der Waals surface area contributed by atoms with Gasteiger partial charge in [0.1, 0.15) is 17.4 Å². The van der Waals surface area contributed by atoms with E-state index in [9.17, 15) is 9.59 Å². The van der Waals surface area contributed by atoms with E-state index in [1.165, 1.54) is 6.08 Å². The van der Waals surface area contributed by atoms with Crippen LogP contribution in [0.3, 0.4) is 0 Å².